The summed E-state index contributed by atoms with van der Waals surface area (Å²) >= 11 is 0. The van der Waals surface area contributed by atoms with E-state index in [1.807, 2.05) is 13.1 Å². The SMILES string of the molecule is COc1cc(C#N)ccc1Oc1ncc(-c2cn(C)nc2C)c(C)c1C(=O)Nc1cccc([S@@](C)(=O)=NC(=O)OC(C)(C)C)c1. The monoisotopic (exact) mass is 630 g/mol. The molecule has 0 unspecified atom stereocenters. The van der Waals surface area contributed by atoms with Crippen LogP contribution in [0, 0.1) is 25.2 Å². The maximum Gasteiger partial charge on any atom is 0.442 e. The number of methoxy groups -OCH3 is 1. The fraction of sp³-hybridized carbons (Fsp3) is 0.281. The third kappa shape index (κ3) is 7.66. The number of nitrogens with one attached hydrogen (secondary N) is 1. The number of hydrogen-bond donors (Lipinski definition) is 1. The van der Waals surface area contributed by atoms with Crippen molar-refractivity contribution < 1.29 is 28.0 Å². The van der Waals surface area contributed by atoms with Crippen LogP contribution in [-0.2, 0) is 21.5 Å². The molecule has 2 heterocycles. The molecule has 45 heavy (non-hydrogen) atoms. The number of carbonyl (C=O) groups is 2. The molecule has 0 spiro atoms. The molecule has 0 saturated heterocycles. The fourth-order valence-corrected chi connectivity index (χ4v) is 5.57. The Morgan fingerprint density at radius 3 is 2.44 bits per heavy atom. The molecule has 2 amide bonds. The number of pyridine rings is 1. The molecule has 0 fully saturated rings. The first-order chi connectivity index (χ1) is 21.1. The number of hydrogen-bond acceptors (Lipinski definition) is 9. The van der Waals surface area contributed by atoms with Crippen molar-refractivity contribution >= 4 is 27.4 Å². The van der Waals surface area contributed by atoms with Crippen molar-refractivity contribution in [1.82, 2.24) is 14.8 Å². The fourth-order valence-electron chi connectivity index (χ4n) is 4.46. The smallest absolute Gasteiger partial charge is 0.442 e. The second-order valence-electron chi connectivity index (χ2n) is 11.2. The summed E-state index contributed by atoms with van der Waals surface area (Å²) in [6, 6.07) is 12.9. The molecule has 234 valence electrons. The second-order valence-corrected chi connectivity index (χ2v) is 13.5. The number of rotatable bonds is 7. The molecule has 1 N–H and O–H groups in total. The summed E-state index contributed by atoms with van der Waals surface area (Å²) < 4.78 is 35.6. The van der Waals surface area contributed by atoms with Crippen molar-refractivity contribution in [2.75, 3.05) is 18.7 Å². The van der Waals surface area contributed by atoms with E-state index in [4.69, 9.17) is 14.2 Å². The molecule has 13 heteroatoms. The second kappa shape index (κ2) is 12.8. The van der Waals surface area contributed by atoms with Crippen LogP contribution >= 0.6 is 0 Å². The van der Waals surface area contributed by atoms with Crippen LogP contribution in [0.4, 0.5) is 10.5 Å². The third-order valence-corrected chi connectivity index (χ3v) is 8.13. The molecule has 2 aromatic heterocycles. The first-order valence-corrected chi connectivity index (χ1v) is 15.7. The summed E-state index contributed by atoms with van der Waals surface area (Å²) in [7, 11) is 0.0388. The summed E-state index contributed by atoms with van der Waals surface area (Å²) in [5.74, 6) is -0.0334. The van der Waals surface area contributed by atoms with Crippen molar-refractivity contribution in [3.05, 3.63) is 77.2 Å². The number of carbonyl (C=O) groups excluding carboxylic acids is 2. The molecule has 0 aliphatic heterocycles. The molecule has 2 aromatic carbocycles. The summed E-state index contributed by atoms with van der Waals surface area (Å²) in [4.78, 5) is 31.0. The van der Waals surface area contributed by atoms with E-state index >= 15 is 0 Å². The van der Waals surface area contributed by atoms with Gasteiger partial charge in [-0.25, -0.2) is 14.0 Å². The van der Waals surface area contributed by atoms with Crippen LogP contribution in [0.15, 0.2) is 64.1 Å². The Balaban J connectivity index is 1.77. The zero-order valence-corrected chi connectivity index (χ0v) is 27.1. The number of anilines is 1. The van der Waals surface area contributed by atoms with E-state index < -0.39 is 27.3 Å². The van der Waals surface area contributed by atoms with Crippen LogP contribution in [0.1, 0.15) is 48.0 Å². The van der Waals surface area contributed by atoms with Crippen molar-refractivity contribution in [2.45, 2.75) is 45.1 Å². The molecule has 0 saturated carbocycles. The molecule has 12 nitrogen and oxygen atoms in total. The predicted octanol–water partition coefficient (Wildman–Crippen LogP) is 6.42. The minimum absolute atomic E-state index is 0.00586. The molecule has 0 bridgehead atoms. The van der Waals surface area contributed by atoms with Gasteiger partial charge in [-0.1, -0.05) is 6.07 Å². The van der Waals surface area contributed by atoms with Crippen molar-refractivity contribution in [3.8, 4) is 34.6 Å². The highest BCUT2D eigenvalue weighted by Gasteiger charge is 2.24. The van der Waals surface area contributed by atoms with Gasteiger partial charge in [0.1, 0.15) is 11.2 Å². The Morgan fingerprint density at radius 1 is 1.09 bits per heavy atom. The number of benzene rings is 2. The Bertz CT molecular complexity index is 1960. The van der Waals surface area contributed by atoms with Gasteiger partial charge in [0, 0.05) is 53.5 Å². The van der Waals surface area contributed by atoms with Gasteiger partial charge in [0.25, 0.3) is 5.91 Å². The quantitative estimate of drug-likeness (QED) is 0.243. The maximum atomic E-state index is 14.0. The lowest BCUT2D eigenvalue weighted by Gasteiger charge is -2.18. The van der Waals surface area contributed by atoms with Crippen LogP contribution in [0.5, 0.6) is 17.4 Å². The summed E-state index contributed by atoms with van der Waals surface area (Å²) in [5.41, 5.74) is 2.77. The molecule has 0 aliphatic rings. The Hall–Kier alpha value is -5.22. The van der Waals surface area contributed by atoms with Gasteiger partial charge in [-0.15, -0.1) is 4.36 Å². The highest BCUT2D eigenvalue weighted by molar-refractivity contribution is 7.93. The first kappa shape index (κ1) is 32.7. The number of aryl methyl sites for hydroxylation is 2. The zero-order chi connectivity index (χ0) is 33.1. The van der Waals surface area contributed by atoms with E-state index in [0.29, 0.717) is 22.4 Å². The highest BCUT2D eigenvalue weighted by Crippen LogP contribution is 2.37. The van der Waals surface area contributed by atoms with Crippen LogP contribution in [-0.4, -0.2) is 49.9 Å². The molecule has 4 rings (SSSR count). The van der Waals surface area contributed by atoms with E-state index in [-0.39, 0.29) is 27.8 Å². The van der Waals surface area contributed by atoms with Crippen LogP contribution < -0.4 is 14.8 Å². The number of ether oxygens (including phenoxy) is 3. The standard InChI is InChI=1S/C32H34N6O6S/c1-19-24(25-18-38(6)36-20(25)2)17-34-30(43-26-13-12-21(16-33)14-27(26)42-7)28(19)29(39)35-22-10-9-11-23(15-22)45(8,41)37-31(40)44-32(3,4)5/h9-15,17-18H,1-8H3,(H,35,39)/t45-/m1/s1. The highest BCUT2D eigenvalue weighted by atomic mass is 32.2. The average Bonchev–Trinajstić information content (AvgIpc) is 3.29. The minimum Gasteiger partial charge on any atom is -0.493 e. The zero-order valence-electron chi connectivity index (χ0n) is 26.3. The number of nitriles is 1. The van der Waals surface area contributed by atoms with Crippen molar-refractivity contribution in [1.29, 1.82) is 5.26 Å². The maximum absolute atomic E-state index is 14.0. The van der Waals surface area contributed by atoms with Crippen molar-refractivity contribution in [3.63, 3.8) is 0 Å². The van der Waals surface area contributed by atoms with Gasteiger partial charge in [0.15, 0.2) is 11.5 Å². The van der Waals surface area contributed by atoms with Gasteiger partial charge in [-0.3, -0.25) is 9.48 Å². The number of amides is 2. The summed E-state index contributed by atoms with van der Waals surface area (Å²) in [5, 5.41) is 16.5. The normalized spacial score (nSPS) is 12.4. The third-order valence-electron chi connectivity index (χ3n) is 6.51. The van der Waals surface area contributed by atoms with Gasteiger partial charge in [0.05, 0.1) is 34.2 Å². The predicted molar refractivity (Wildman–Crippen MR) is 169 cm³/mol. The first-order valence-electron chi connectivity index (χ1n) is 13.7. The lowest BCUT2D eigenvalue weighted by Crippen LogP contribution is -2.22. The van der Waals surface area contributed by atoms with Crippen LogP contribution in [0.2, 0.25) is 0 Å². The van der Waals surface area contributed by atoms with Gasteiger partial charge in [0.2, 0.25) is 5.88 Å². The van der Waals surface area contributed by atoms with E-state index in [0.717, 1.165) is 11.3 Å². The van der Waals surface area contributed by atoms with Crippen molar-refractivity contribution in [2.24, 2.45) is 11.4 Å². The molecule has 4 aromatic rings. The molecular weight excluding hydrogens is 596 g/mol. The van der Waals surface area contributed by atoms with E-state index in [2.05, 4.69) is 25.8 Å². The molecular formula is C32H34N6O6S. The molecule has 0 aliphatic carbocycles. The minimum atomic E-state index is -3.20. The number of nitrogens with zero attached hydrogens (tertiary/aromatic N) is 5. The van der Waals surface area contributed by atoms with E-state index in [1.54, 1.807) is 76.0 Å². The number of aromatic nitrogens is 3. The molecule has 1 atom stereocenters. The van der Waals surface area contributed by atoms with E-state index in [9.17, 15) is 19.1 Å². The lowest BCUT2D eigenvalue weighted by molar-refractivity contribution is 0.0607. The topological polar surface area (TPSA) is 158 Å². The Labute approximate surface area is 262 Å². The van der Waals surface area contributed by atoms with E-state index in [1.165, 1.54) is 25.5 Å². The largest absolute Gasteiger partial charge is 0.493 e. The van der Waals surface area contributed by atoms with Gasteiger partial charge >= 0.3 is 6.09 Å². The molecule has 0 radical (unpaired) electrons. The summed E-state index contributed by atoms with van der Waals surface area (Å²) in [6.45, 7) is 8.69. The Morgan fingerprint density at radius 2 is 1.82 bits per heavy atom. The average molecular weight is 631 g/mol. The van der Waals surface area contributed by atoms with Gasteiger partial charge < -0.3 is 19.5 Å². The Kier molecular flexibility index (Phi) is 9.29. The van der Waals surface area contributed by atoms with Crippen LogP contribution in [0.25, 0.3) is 11.1 Å². The van der Waals surface area contributed by atoms with Crippen LogP contribution in [0.3, 0.4) is 0 Å². The summed E-state index contributed by atoms with van der Waals surface area (Å²) in [6.07, 6.45) is 3.81. The lowest BCUT2D eigenvalue weighted by atomic mass is 9.99. The van der Waals surface area contributed by atoms with Gasteiger partial charge in [-0.2, -0.15) is 10.4 Å². The van der Waals surface area contributed by atoms with Gasteiger partial charge in [-0.05, 0) is 70.5 Å².